The molecule has 104 valence electrons. The van der Waals surface area contributed by atoms with Gasteiger partial charge in [-0.3, -0.25) is 4.79 Å². The fourth-order valence-corrected chi connectivity index (χ4v) is 2.12. The van der Waals surface area contributed by atoms with Crippen molar-refractivity contribution in [2.45, 2.75) is 31.3 Å². The zero-order valence-corrected chi connectivity index (χ0v) is 10.2. The first-order valence-corrected chi connectivity index (χ1v) is 6.01. The van der Waals surface area contributed by atoms with Gasteiger partial charge in [-0.15, -0.1) is 0 Å². The zero-order chi connectivity index (χ0) is 13.6. The average Bonchev–Trinajstić information content (AvgIpc) is 2.28. The maximum Gasteiger partial charge on any atom is 0.404 e. The van der Waals surface area contributed by atoms with Crippen molar-refractivity contribution in [1.82, 2.24) is 5.32 Å². The Labute approximate surface area is 105 Å². The third kappa shape index (κ3) is 4.89. The topological polar surface area (TPSA) is 122 Å². The van der Waals surface area contributed by atoms with Crippen molar-refractivity contribution in [1.29, 1.82) is 0 Å². The summed E-state index contributed by atoms with van der Waals surface area (Å²) in [4.78, 5) is 21.1. The van der Waals surface area contributed by atoms with E-state index in [4.69, 9.17) is 10.8 Å². The lowest BCUT2D eigenvalue weighted by Gasteiger charge is -2.34. The van der Waals surface area contributed by atoms with Gasteiger partial charge in [-0.25, -0.2) is 4.79 Å². The molecule has 0 aliphatic heterocycles. The van der Waals surface area contributed by atoms with Gasteiger partial charge in [0.15, 0.2) is 0 Å². The minimum absolute atomic E-state index is 0.156. The molecule has 1 aliphatic rings. The molecule has 1 aliphatic carbocycles. The number of aliphatic carboxylic acids is 1. The molecule has 0 radical (unpaired) electrons. The third-order valence-corrected chi connectivity index (χ3v) is 3.24. The maximum absolute atomic E-state index is 10.8. The summed E-state index contributed by atoms with van der Waals surface area (Å²) >= 11 is 0. The second-order valence-electron chi connectivity index (χ2n) is 4.68. The number of aliphatic hydroxyl groups is 1. The van der Waals surface area contributed by atoms with E-state index in [0.717, 1.165) is 0 Å². The molecule has 0 atom stereocenters. The van der Waals surface area contributed by atoms with E-state index in [1.165, 1.54) is 0 Å². The van der Waals surface area contributed by atoms with Crippen LogP contribution in [0.25, 0.3) is 0 Å². The number of hydrogen-bond acceptors (Lipinski definition) is 5. The first-order chi connectivity index (χ1) is 8.43. The van der Waals surface area contributed by atoms with Crippen LogP contribution in [0.3, 0.4) is 0 Å². The third-order valence-electron chi connectivity index (χ3n) is 3.24. The van der Waals surface area contributed by atoms with Crippen LogP contribution in [0.1, 0.15) is 25.7 Å². The molecule has 7 nitrogen and oxygen atoms in total. The van der Waals surface area contributed by atoms with Crippen LogP contribution < -0.4 is 11.1 Å². The molecule has 0 bridgehead atoms. The Morgan fingerprint density at radius 3 is 2.50 bits per heavy atom. The van der Waals surface area contributed by atoms with Crippen LogP contribution in [-0.4, -0.2) is 47.6 Å². The highest BCUT2D eigenvalue weighted by Crippen LogP contribution is 2.31. The number of amides is 1. The van der Waals surface area contributed by atoms with E-state index in [1.54, 1.807) is 0 Å². The van der Waals surface area contributed by atoms with Crippen molar-refractivity contribution >= 4 is 12.1 Å². The summed E-state index contributed by atoms with van der Waals surface area (Å²) in [5, 5.41) is 22.0. The van der Waals surface area contributed by atoms with Crippen LogP contribution in [0.4, 0.5) is 4.79 Å². The van der Waals surface area contributed by atoms with Crippen molar-refractivity contribution in [3.8, 4) is 0 Å². The minimum atomic E-state index is -0.862. The van der Waals surface area contributed by atoms with Crippen molar-refractivity contribution in [3.05, 3.63) is 0 Å². The number of rotatable bonds is 6. The molecule has 1 rings (SSSR count). The summed E-state index contributed by atoms with van der Waals surface area (Å²) in [5.74, 6) is -1.14. The molecule has 0 saturated heterocycles. The van der Waals surface area contributed by atoms with Gasteiger partial charge in [0.1, 0.15) is 6.61 Å². The highest BCUT2D eigenvalue weighted by molar-refractivity contribution is 5.70. The standard InChI is InChI=1S/C11H20N2O5/c12-10(16)18-6-5-13-7-11(17)3-1-8(2-4-11)9(14)15/h8,13,17H,1-7H2,(H2,12,16)(H,14,15). The zero-order valence-electron chi connectivity index (χ0n) is 10.2. The molecule has 18 heavy (non-hydrogen) atoms. The molecule has 7 heteroatoms. The largest absolute Gasteiger partial charge is 0.481 e. The highest BCUT2D eigenvalue weighted by atomic mass is 16.5. The lowest BCUT2D eigenvalue weighted by Crippen LogP contribution is -2.45. The number of carbonyl (C=O) groups excluding carboxylic acids is 1. The van der Waals surface area contributed by atoms with Crippen LogP contribution >= 0.6 is 0 Å². The Morgan fingerprint density at radius 1 is 1.39 bits per heavy atom. The summed E-state index contributed by atoms with van der Waals surface area (Å²) in [6.07, 6.45) is 1.09. The van der Waals surface area contributed by atoms with Gasteiger partial charge >= 0.3 is 12.1 Å². The molecular formula is C11H20N2O5. The van der Waals surface area contributed by atoms with Crippen LogP contribution in [0.2, 0.25) is 0 Å². The summed E-state index contributed by atoms with van der Waals surface area (Å²) < 4.78 is 4.53. The SMILES string of the molecule is NC(=O)OCCNCC1(O)CCC(C(=O)O)CC1. The van der Waals surface area contributed by atoms with Crippen molar-refractivity contribution in [2.24, 2.45) is 11.7 Å². The van der Waals surface area contributed by atoms with Gasteiger partial charge in [0.2, 0.25) is 0 Å². The summed E-state index contributed by atoms with van der Waals surface area (Å²) in [7, 11) is 0. The lowest BCUT2D eigenvalue weighted by atomic mass is 9.79. The van der Waals surface area contributed by atoms with Gasteiger partial charge in [-0.2, -0.15) is 0 Å². The minimum Gasteiger partial charge on any atom is -0.481 e. The molecule has 0 spiro atoms. The Bertz CT molecular complexity index is 300. The number of carboxylic acid groups (broad SMARTS) is 1. The van der Waals surface area contributed by atoms with Gasteiger partial charge in [0.25, 0.3) is 0 Å². The van der Waals surface area contributed by atoms with E-state index < -0.39 is 17.7 Å². The van der Waals surface area contributed by atoms with Crippen LogP contribution in [-0.2, 0) is 9.53 Å². The quantitative estimate of drug-likeness (QED) is 0.485. The molecule has 0 heterocycles. The van der Waals surface area contributed by atoms with Gasteiger partial charge in [-0.1, -0.05) is 0 Å². The van der Waals surface area contributed by atoms with E-state index in [0.29, 0.717) is 38.8 Å². The Balaban J connectivity index is 2.18. The number of carboxylic acids is 1. The van der Waals surface area contributed by atoms with E-state index in [1.807, 2.05) is 0 Å². The monoisotopic (exact) mass is 260 g/mol. The molecule has 1 amide bonds. The number of ether oxygens (including phenoxy) is 1. The van der Waals surface area contributed by atoms with E-state index >= 15 is 0 Å². The number of carbonyl (C=O) groups is 2. The predicted octanol–water partition coefficient (Wildman–Crippen LogP) is -0.323. The second kappa shape index (κ2) is 6.55. The smallest absolute Gasteiger partial charge is 0.404 e. The maximum atomic E-state index is 10.8. The number of primary amides is 1. The number of hydrogen-bond donors (Lipinski definition) is 4. The number of nitrogens with two attached hydrogens (primary N) is 1. The lowest BCUT2D eigenvalue weighted by molar-refractivity contribution is -0.144. The molecular weight excluding hydrogens is 240 g/mol. The van der Waals surface area contributed by atoms with Crippen LogP contribution in [0.5, 0.6) is 0 Å². The van der Waals surface area contributed by atoms with Gasteiger partial charge in [0.05, 0.1) is 11.5 Å². The molecule has 1 fully saturated rings. The first kappa shape index (κ1) is 14.7. The first-order valence-electron chi connectivity index (χ1n) is 6.01. The van der Waals surface area contributed by atoms with E-state index in [-0.39, 0.29) is 12.5 Å². The van der Waals surface area contributed by atoms with Crippen molar-refractivity contribution < 1.29 is 24.5 Å². The number of nitrogens with one attached hydrogen (secondary N) is 1. The fourth-order valence-electron chi connectivity index (χ4n) is 2.12. The molecule has 0 unspecified atom stereocenters. The van der Waals surface area contributed by atoms with Crippen molar-refractivity contribution in [2.75, 3.05) is 19.7 Å². The summed E-state index contributed by atoms with van der Waals surface area (Å²) in [5.41, 5.74) is 3.93. The summed E-state index contributed by atoms with van der Waals surface area (Å²) in [6, 6.07) is 0. The molecule has 0 aromatic carbocycles. The Morgan fingerprint density at radius 2 is 2.00 bits per heavy atom. The second-order valence-corrected chi connectivity index (χ2v) is 4.68. The molecule has 5 N–H and O–H groups in total. The molecule has 1 saturated carbocycles. The fraction of sp³-hybridized carbons (Fsp3) is 0.818. The highest BCUT2D eigenvalue weighted by Gasteiger charge is 2.35. The summed E-state index contributed by atoms with van der Waals surface area (Å²) in [6.45, 7) is 0.929. The van der Waals surface area contributed by atoms with Crippen LogP contribution in [0.15, 0.2) is 0 Å². The predicted molar refractivity (Wildman–Crippen MR) is 62.9 cm³/mol. The van der Waals surface area contributed by atoms with E-state index in [9.17, 15) is 14.7 Å². The van der Waals surface area contributed by atoms with E-state index in [2.05, 4.69) is 10.1 Å². The molecule has 0 aromatic heterocycles. The normalized spacial score (nSPS) is 27.7. The molecule has 0 aromatic rings. The van der Waals surface area contributed by atoms with Crippen LogP contribution in [0, 0.1) is 5.92 Å². The van der Waals surface area contributed by atoms with Gasteiger partial charge < -0.3 is 26.0 Å². The van der Waals surface area contributed by atoms with Gasteiger partial charge in [-0.05, 0) is 25.7 Å². The Kier molecular flexibility index (Phi) is 5.36. The van der Waals surface area contributed by atoms with Gasteiger partial charge in [0, 0.05) is 13.1 Å². The Hall–Kier alpha value is -1.34. The van der Waals surface area contributed by atoms with Crippen molar-refractivity contribution in [3.63, 3.8) is 0 Å². The average molecular weight is 260 g/mol.